The topological polar surface area (TPSA) is 39.9 Å². The van der Waals surface area contributed by atoms with E-state index >= 15 is 0 Å². The van der Waals surface area contributed by atoms with Crippen LogP contribution in [-0.4, -0.2) is 27.0 Å². The Bertz CT molecular complexity index is 795. The summed E-state index contributed by atoms with van der Waals surface area (Å²) in [4.78, 5) is 4.24. The largest absolute Gasteiger partial charge is 0.499 e. The molecule has 0 saturated heterocycles. The Hall–Kier alpha value is -2.45. The highest BCUT2D eigenvalue weighted by Gasteiger charge is 2.61. The van der Waals surface area contributed by atoms with Crippen molar-refractivity contribution in [3.63, 3.8) is 0 Å². The van der Waals surface area contributed by atoms with Crippen LogP contribution in [0, 0.1) is 5.92 Å². The SMILES string of the molecule is CC1CC=C(c2ncn(-c3ccc(OC(F)(F)C(F)(F)F)cc3)n2)CC1. The fraction of sp³-hybridized carbons (Fsp3) is 0.412. The van der Waals surface area contributed by atoms with Gasteiger partial charge in [0.05, 0.1) is 5.69 Å². The fourth-order valence-corrected chi connectivity index (χ4v) is 2.58. The molecule has 0 aliphatic heterocycles. The molecule has 0 amide bonds. The summed E-state index contributed by atoms with van der Waals surface area (Å²) in [6, 6.07) is 4.71. The van der Waals surface area contributed by atoms with Crippen molar-refractivity contribution in [1.82, 2.24) is 14.8 Å². The maximum Gasteiger partial charge on any atom is 0.499 e. The molecule has 0 N–H and O–H groups in total. The smallest absolute Gasteiger partial charge is 0.426 e. The van der Waals surface area contributed by atoms with E-state index in [2.05, 4.69) is 27.8 Å². The van der Waals surface area contributed by atoms with Gasteiger partial charge in [-0.2, -0.15) is 22.0 Å². The first-order valence-corrected chi connectivity index (χ1v) is 8.01. The van der Waals surface area contributed by atoms with E-state index in [1.807, 2.05) is 0 Å². The van der Waals surface area contributed by atoms with Gasteiger partial charge in [0.1, 0.15) is 12.1 Å². The van der Waals surface area contributed by atoms with Crippen LogP contribution in [0.2, 0.25) is 0 Å². The minimum atomic E-state index is -5.78. The summed E-state index contributed by atoms with van der Waals surface area (Å²) < 4.78 is 67.5. The average molecular weight is 373 g/mol. The van der Waals surface area contributed by atoms with Crippen LogP contribution in [0.1, 0.15) is 32.0 Å². The maximum absolute atomic E-state index is 12.9. The van der Waals surface area contributed by atoms with Crippen molar-refractivity contribution in [3.8, 4) is 11.4 Å². The third-order valence-electron chi connectivity index (χ3n) is 4.13. The summed E-state index contributed by atoms with van der Waals surface area (Å²) in [7, 11) is 0. The van der Waals surface area contributed by atoms with Gasteiger partial charge < -0.3 is 4.74 Å². The Balaban J connectivity index is 1.74. The molecule has 1 unspecified atom stereocenters. The van der Waals surface area contributed by atoms with Gasteiger partial charge in [0, 0.05) is 0 Å². The van der Waals surface area contributed by atoms with Crippen molar-refractivity contribution in [3.05, 3.63) is 42.5 Å². The van der Waals surface area contributed by atoms with Crippen molar-refractivity contribution in [2.45, 2.75) is 38.5 Å². The molecule has 3 rings (SSSR count). The molecule has 26 heavy (non-hydrogen) atoms. The van der Waals surface area contributed by atoms with E-state index in [4.69, 9.17) is 0 Å². The van der Waals surface area contributed by atoms with E-state index < -0.39 is 18.0 Å². The molecule has 9 heteroatoms. The molecule has 1 aromatic carbocycles. The van der Waals surface area contributed by atoms with Gasteiger partial charge in [0.25, 0.3) is 0 Å². The van der Waals surface area contributed by atoms with Crippen molar-refractivity contribution < 1.29 is 26.7 Å². The zero-order valence-corrected chi connectivity index (χ0v) is 13.8. The Labute approximate surface area is 146 Å². The summed E-state index contributed by atoms with van der Waals surface area (Å²) in [6.07, 6.45) is -4.57. The first-order valence-electron chi connectivity index (χ1n) is 8.01. The lowest BCUT2D eigenvalue weighted by Crippen LogP contribution is -2.41. The van der Waals surface area contributed by atoms with Crippen LogP contribution < -0.4 is 4.74 Å². The van der Waals surface area contributed by atoms with Crippen LogP contribution in [0.25, 0.3) is 11.3 Å². The molecule has 1 atom stereocenters. The molecule has 0 bridgehead atoms. The lowest BCUT2D eigenvalue weighted by Gasteiger charge is -2.20. The Kier molecular flexibility index (Phi) is 4.72. The molecule has 0 spiro atoms. The molecular weight excluding hydrogens is 357 g/mol. The first-order chi connectivity index (χ1) is 12.2. The Morgan fingerprint density at radius 1 is 1.12 bits per heavy atom. The van der Waals surface area contributed by atoms with Crippen molar-refractivity contribution >= 4 is 5.57 Å². The number of nitrogens with zero attached hydrogens (tertiary/aromatic N) is 3. The van der Waals surface area contributed by atoms with E-state index in [1.54, 1.807) is 0 Å². The van der Waals surface area contributed by atoms with Crippen LogP contribution in [0.15, 0.2) is 36.7 Å². The normalized spacial score (nSPS) is 18.5. The van der Waals surface area contributed by atoms with Crippen molar-refractivity contribution in [1.29, 1.82) is 0 Å². The molecule has 1 aromatic heterocycles. The molecular formula is C17H16F5N3O. The first kappa shape index (κ1) is 18.3. The summed E-state index contributed by atoms with van der Waals surface area (Å²) in [5.74, 6) is 0.615. The minimum Gasteiger partial charge on any atom is -0.426 e. The Morgan fingerprint density at radius 3 is 2.38 bits per heavy atom. The lowest BCUT2D eigenvalue weighted by atomic mass is 9.91. The number of benzene rings is 1. The molecule has 2 aromatic rings. The lowest BCUT2D eigenvalue weighted by molar-refractivity contribution is -0.360. The number of hydrogen-bond donors (Lipinski definition) is 0. The van der Waals surface area contributed by atoms with Gasteiger partial charge in [-0.25, -0.2) is 9.67 Å². The van der Waals surface area contributed by atoms with Gasteiger partial charge in [0.2, 0.25) is 0 Å². The standard InChI is InChI=1S/C17H16F5N3O/c1-11-2-4-12(5-3-11)15-23-10-25(24-15)13-6-8-14(9-7-13)26-17(21,22)16(18,19)20/h4,6-11H,2-3,5H2,1H3. The van der Waals surface area contributed by atoms with Crippen LogP contribution in [0.4, 0.5) is 22.0 Å². The van der Waals surface area contributed by atoms with Crippen LogP contribution >= 0.6 is 0 Å². The van der Waals surface area contributed by atoms with Gasteiger partial charge in [0.15, 0.2) is 5.82 Å². The molecule has 1 aliphatic carbocycles. The fourth-order valence-electron chi connectivity index (χ4n) is 2.58. The van der Waals surface area contributed by atoms with Gasteiger partial charge in [-0.3, -0.25) is 0 Å². The second-order valence-electron chi connectivity index (χ2n) is 6.23. The number of alkyl halides is 5. The monoisotopic (exact) mass is 373 g/mol. The summed E-state index contributed by atoms with van der Waals surface area (Å²) in [5, 5.41) is 4.34. The van der Waals surface area contributed by atoms with Gasteiger partial charge in [-0.1, -0.05) is 13.0 Å². The van der Waals surface area contributed by atoms with E-state index in [0.29, 0.717) is 17.4 Å². The molecule has 1 heterocycles. The molecule has 140 valence electrons. The number of aromatic nitrogens is 3. The summed E-state index contributed by atoms with van der Waals surface area (Å²) in [5.41, 5.74) is 1.52. The Morgan fingerprint density at radius 2 is 1.81 bits per heavy atom. The average Bonchev–Trinajstić information content (AvgIpc) is 3.05. The zero-order valence-electron chi connectivity index (χ0n) is 13.8. The summed E-state index contributed by atoms with van der Waals surface area (Å²) >= 11 is 0. The highest BCUT2D eigenvalue weighted by atomic mass is 19.4. The molecule has 0 radical (unpaired) electrons. The number of hydrogen-bond acceptors (Lipinski definition) is 3. The second kappa shape index (κ2) is 6.69. The number of ether oxygens (including phenoxy) is 1. The van der Waals surface area contributed by atoms with E-state index in [9.17, 15) is 22.0 Å². The van der Waals surface area contributed by atoms with E-state index in [1.165, 1.54) is 23.1 Å². The van der Waals surface area contributed by atoms with E-state index in [0.717, 1.165) is 37.0 Å². The number of rotatable bonds is 4. The van der Waals surface area contributed by atoms with Crippen LogP contribution in [0.5, 0.6) is 5.75 Å². The highest BCUT2D eigenvalue weighted by Crippen LogP contribution is 2.37. The second-order valence-corrected chi connectivity index (χ2v) is 6.23. The third-order valence-corrected chi connectivity index (χ3v) is 4.13. The number of halogens is 5. The predicted molar refractivity (Wildman–Crippen MR) is 84.0 cm³/mol. The van der Waals surface area contributed by atoms with Crippen LogP contribution in [-0.2, 0) is 0 Å². The predicted octanol–water partition coefficient (Wildman–Crippen LogP) is 5.00. The summed E-state index contributed by atoms with van der Waals surface area (Å²) in [6.45, 7) is 2.17. The van der Waals surface area contributed by atoms with Crippen molar-refractivity contribution in [2.24, 2.45) is 5.92 Å². The van der Waals surface area contributed by atoms with Gasteiger partial charge >= 0.3 is 12.3 Å². The zero-order chi connectivity index (χ0) is 18.9. The number of allylic oxidation sites excluding steroid dienone is 2. The van der Waals surface area contributed by atoms with Crippen LogP contribution in [0.3, 0.4) is 0 Å². The van der Waals surface area contributed by atoms with E-state index in [-0.39, 0.29) is 0 Å². The third kappa shape index (κ3) is 3.86. The molecule has 0 fully saturated rings. The van der Waals surface area contributed by atoms with Crippen molar-refractivity contribution in [2.75, 3.05) is 0 Å². The molecule has 4 nitrogen and oxygen atoms in total. The maximum atomic E-state index is 12.9. The van der Waals surface area contributed by atoms with Gasteiger partial charge in [-0.15, -0.1) is 5.10 Å². The minimum absolute atomic E-state index is 0.469. The quantitative estimate of drug-likeness (QED) is 0.708. The molecule has 0 saturated carbocycles. The highest BCUT2D eigenvalue weighted by molar-refractivity contribution is 5.60. The molecule has 1 aliphatic rings. The van der Waals surface area contributed by atoms with Gasteiger partial charge in [-0.05, 0) is 55.0 Å².